The number of nitrogens with one attached hydrogen (secondary N) is 2. The average molecular weight is 388 g/mol. The van der Waals surface area contributed by atoms with E-state index < -0.39 is 11.7 Å². The summed E-state index contributed by atoms with van der Waals surface area (Å²) in [6.07, 6.45) is -3.78. The summed E-state index contributed by atoms with van der Waals surface area (Å²) in [6, 6.07) is 7.56. The highest BCUT2D eigenvalue weighted by Crippen LogP contribution is 2.30. The Bertz CT molecular complexity index is 811. The van der Waals surface area contributed by atoms with Gasteiger partial charge in [0.1, 0.15) is 0 Å². The van der Waals surface area contributed by atoms with Crippen molar-refractivity contribution in [2.45, 2.75) is 19.6 Å². The second-order valence-corrected chi connectivity index (χ2v) is 5.91. The molecular formula is C16H13ClF3N3OS. The summed E-state index contributed by atoms with van der Waals surface area (Å²) < 4.78 is 37.7. The van der Waals surface area contributed by atoms with Crippen LogP contribution in [0.25, 0.3) is 0 Å². The number of carbonyl (C=O) groups excluding carboxylic acids is 1. The van der Waals surface area contributed by atoms with E-state index in [9.17, 15) is 18.0 Å². The third-order valence-electron chi connectivity index (χ3n) is 3.19. The Kier molecular flexibility index (Phi) is 5.97. The first-order valence-corrected chi connectivity index (χ1v) is 7.83. The number of hydrogen-bond donors (Lipinski definition) is 2. The van der Waals surface area contributed by atoms with Gasteiger partial charge in [0, 0.05) is 17.4 Å². The first-order valence-electron chi connectivity index (χ1n) is 7.04. The number of halogens is 4. The predicted octanol–water partition coefficient (Wildman–Crippen LogP) is 4.44. The van der Waals surface area contributed by atoms with Gasteiger partial charge in [0.25, 0.3) is 0 Å². The van der Waals surface area contributed by atoms with Gasteiger partial charge in [0.05, 0.1) is 22.8 Å². The van der Waals surface area contributed by atoms with Gasteiger partial charge >= 0.3 is 6.18 Å². The molecule has 4 nitrogen and oxygen atoms in total. The van der Waals surface area contributed by atoms with Crippen LogP contribution in [0.5, 0.6) is 0 Å². The molecule has 0 aliphatic carbocycles. The van der Waals surface area contributed by atoms with Crippen molar-refractivity contribution < 1.29 is 18.0 Å². The zero-order valence-electron chi connectivity index (χ0n) is 12.9. The number of benzene rings is 1. The molecule has 1 aromatic heterocycles. The van der Waals surface area contributed by atoms with Crippen molar-refractivity contribution in [3.8, 4) is 0 Å². The quantitative estimate of drug-likeness (QED) is 0.600. The smallest absolute Gasteiger partial charge is 0.357 e. The van der Waals surface area contributed by atoms with Crippen LogP contribution in [0.1, 0.15) is 28.5 Å². The van der Waals surface area contributed by atoms with Gasteiger partial charge in [-0.25, -0.2) is 0 Å². The second kappa shape index (κ2) is 7.79. The molecule has 0 unspecified atom stereocenters. The molecule has 1 heterocycles. The minimum atomic E-state index is -4.50. The molecule has 9 heteroatoms. The topological polar surface area (TPSA) is 54.0 Å². The fourth-order valence-electron chi connectivity index (χ4n) is 1.91. The molecule has 0 fully saturated rings. The maximum atomic E-state index is 12.6. The van der Waals surface area contributed by atoms with Crippen molar-refractivity contribution in [3.05, 3.63) is 58.4 Å². The molecule has 0 saturated carbocycles. The molecule has 2 aromatic rings. The lowest BCUT2D eigenvalue weighted by Crippen LogP contribution is -2.28. The lowest BCUT2D eigenvalue weighted by Gasteiger charge is -2.12. The monoisotopic (exact) mass is 387 g/mol. The standard InChI is InChI=1S/C16H13ClF3N3OS/c1-9(24)10-3-2-4-12(5-10)23-15(25)22-8-14-13(17)6-11(7-21-14)16(18,19)20/h2-7H,8H2,1H3,(H2,22,23,25). The molecule has 0 radical (unpaired) electrons. The number of hydrogen-bond acceptors (Lipinski definition) is 3. The van der Waals surface area contributed by atoms with Crippen molar-refractivity contribution in [2.24, 2.45) is 0 Å². The number of Topliss-reactive ketones (excluding diaryl/α,β-unsaturated/α-hetero) is 1. The SMILES string of the molecule is CC(=O)c1cccc(NC(=S)NCc2ncc(C(F)(F)F)cc2Cl)c1. The van der Waals surface area contributed by atoms with E-state index in [-0.39, 0.29) is 28.2 Å². The fraction of sp³-hybridized carbons (Fsp3) is 0.188. The van der Waals surface area contributed by atoms with Crippen LogP contribution in [0.15, 0.2) is 36.5 Å². The Balaban J connectivity index is 1.98. The van der Waals surface area contributed by atoms with E-state index in [1.807, 2.05) is 0 Å². The summed E-state index contributed by atoms with van der Waals surface area (Å²) in [5.41, 5.74) is 0.455. The normalized spacial score (nSPS) is 11.1. The zero-order chi connectivity index (χ0) is 18.6. The van der Waals surface area contributed by atoms with Crippen molar-refractivity contribution >= 4 is 40.4 Å². The molecule has 2 rings (SSSR count). The molecule has 1 aromatic carbocycles. The number of alkyl halides is 3. The number of rotatable bonds is 4. The van der Waals surface area contributed by atoms with E-state index in [0.29, 0.717) is 11.3 Å². The number of thiocarbonyl (C=S) groups is 1. The Morgan fingerprint density at radius 1 is 1.32 bits per heavy atom. The highest BCUT2D eigenvalue weighted by Gasteiger charge is 2.31. The number of ketones is 1. The van der Waals surface area contributed by atoms with Crippen molar-refractivity contribution in [1.29, 1.82) is 0 Å². The van der Waals surface area contributed by atoms with E-state index in [2.05, 4.69) is 15.6 Å². The van der Waals surface area contributed by atoms with Crippen molar-refractivity contribution in [3.63, 3.8) is 0 Å². The van der Waals surface area contributed by atoms with Gasteiger partial charge in [-0.05, 0) is 37.3 Å². The van der Waals surface area contributed by atoms with Crippen LogP contribution in [0.3, 0.4) is 0 Å². The maximum absolute atomic E-state index is 12.6. The highest BCUT2D eigenvalue weighted by atomic mass is 35.5. The molecule has 0 amide bonds. The molecule has 0 saturated heterocycles. The Morgan fingerprint density at radius 3 is 2.64 bits per heavy atom. The van der Waals surface area contributed by atoms with Gasteiger partial charge < -0.3 is 10.6 Å². The van der Waals surface area contributed by atoms with Gasteiger partial charge in [-0.3, -0.25) is 9.78 Å². The summed E-state index contributed by atoms with van der Waals surface area (Å²) in [5.74, 6) is -0.0803. The largest absolute Gasteiger partial charge is 0.417 e. The van der Waals surface area contributed by atoms with E-state index >= 15 is 0 Å². The number of aromatic nitrogens is 1. The average Bonchev–Trinajstić information content (AvgIpc) is 2.53. The third-order valence-corrected chi connectivity index (χ3v) is 3.76. The summed E-state index contributed by atoms with van der Waals surface area (Å²) in [7, 11) is 0. The lowest BCUT2D eigenvalue weighted by atomic mass is 10.1. The minimum absolute atomic E-state index is 0.0508. The van der Waals surface area contributed by atoms with Crippen LogP contribution in [0.2, 0.25) is 5.02 Å². The molecule has 0 aliphatic heterocycles. The zero-order valence-corrected chi connectivity index (χ0v) is 14.5. The summed E-state index contributed by atoms with van der Waals surface area (Å²) in [5, 5.41) is 5.80. The van der Waals surface area contributed by atoms with E-state index in [1.54, 1.807) is 24.3 Å². The number of pyridine rings is 1. The van der Waals surface area contributed by atoms with Crippen LogP contribution in [-0.2, 0) is 12.7 Å². The minimum Gasteiger partial charge on any atom is -0.357 e. The molecular weight excluding hydrogens is 375 g/mol. The van der Waals surface area contributed by atoms with E-state index in [4.69, 9.17) is 23.8 Å². The van der Waals surface area contributed by atoms with Crippen LogP contribution < -0.4 is 10.6 Å². The van der Waals surface area contributed by atoms with Gasteiger partial charge in [0.15, 0.2) is 10.9 Å². The van der Waals surface area contributed by atoms with Crippen molar-refractivity contribution in [1.82, 2.24) is 10.3 Å². The van der Waals surface area contributed by atoms with Crippen LogP contribution in [0, 0.1) is 0 Å². The molecule has 0 atom stereocenters. The number of nitrogens with zero attached hydrogens (tertiary/aromatic N) is 1. The summed E-state index contributed by atoms with van der Waals surface area (Å²) in [4.78, 5) is 15.1. The molecule has 0 bridgehead atoms. The molecule has 25 heavy (non-hydrogen) atoms. The molecule has 132 valence electrons. The van der Waals surface area contributed by atoms with Crippen LogP contribution >= 0.6 is 23.8 Å². The third kappa shape index (κ3) is 5.40. The van der Waals surface area contributed by atoms with Gasteiger partial charge in [-0.2, -0.15) is 13.2 Å². The lowest BCUT2D eigenvalue weighted by molar-refractivity contribution is -0.137. The first-order chi connectivity index (χ1) is 11.7. The summed E-state index contributed by atoms with van der Waals surface area (Å²) in [6.45, 7) is 1.50. The van der Waals surface area contributed by atoms with Gasteiger partial charge in [-0.15, -0.1) is 0 Å². The van der Waals surface area contributed by atoms with Crippen LogP contribution in [-0.4, -0.2) is 15.9 Å². The number of anilines is 1. The van der Waals surface area contributed by atoms with Gasteiger partial charge in [0.2, 0.25) is 0 Å². The Morgan fingerprint density at radius 2 is 2.04 bits per heavy atom. The number of carbonyl (C=O) groups is 1. The fourth-order valence-corrected chi connectivity index (χ4v) is 2.33. The summed E-state index contributed by atoms with van der Waals surface area (Å²) >= 11 is 10.9. The highest BCUT2D eigenvalue weighted by molar-refractivity contribution is 7.80. The molecule has 0 spiro atoms. The van der Waals surface area contributed by atoms with Crippen LogP contribution in [0.4, 0.5) is 18.9 Å². The molecule has 2 N–H and O–H groups in total. The van der Waals surface area contributed by atoms with Crippen molar-refractivity contribution in [2.75, 3.05) is 5.32 Å². The predicted molar refractivity (Wildman–Crippen MR) is 93.8 cm³/mol. The Labute approximate surface area is 152 Å². The van der Waals surface area contributed by atoms with Gasteiger partial charge in [-0.1, -0.05) is 23.7 Å². The molecule has 0 aliphatic rings. The van der Waals surface area contributed by atoms with E-state index in [1.165, 1.54) is 6.92 Å². The second-order valence-electron chi connectivity index (χ2n) is 5.09. The Hall–Kier alpha value is -2.19. The van der Waals surface area contributed by atoms with E-state index in [0.717, 1.165) is 12.3 Å². The maximum Gasteiger partial charge on any atom is 0.417 e. The first kappa shape index (κ1) is 19.1.